The Balaban J connectivity index is 2.39. The SMILES string of the molecule is CN(C(=O)C(F)F)c1ccc(Nc2nc(Cl)ncc2Cl)c(OP(C)C)c1. The van der Waals surface area contributed by atoms with Gasteiger partial charge >= 0.3 is 6.43 Å². The molecule has 2 aromatic rings. The Morgan fingerprint density at radius 2 is 2.04 bits per heavy atom. The summed E-state index contributed by atoms with van der Waals surface area (Å²) in [6, 6.07) is 4.56. The number of aromatic nitrogens is 2. The summed E-state index contributed by atoms with van der Waals surface area (Å²) in [4.78, 5) is 20.1. The van der Waals surface area contributed by atoms with E-state index in [0.29, 0.717) is 11.4 Å². The average Bonchev–Trinajstić information content (AvgIpc) is 2.57. The van der Waals surface area contributed by atoms with E-state index >= 15 is 0 Å². The van der Waals surface area contributed by atoms with Gasteiger partial charge in [0.05, 0.1) is 20.0 Å². The van der Waals surface area contributed by atoms with Gasteiger partial charge in [0.15, 0.2) is 5.82 Å². The van der Waals surface area contributed by atoms with Crippen molar-refractivity contribution in [1.82, 2.24) is 9.97 Å². The van der Waals surface area contributed by atoms with E-state index in [9.17, 15) is 13.6 Å². The van der Waals surface area contributed by atoms with Crippen molar-refractivity contribution in [2.24, 2.45) is 0 Å². The summed E-state index contributed by atoms with van der Waals surface area (Å²) >= 11 is 11.8. The van der Waals surface area contributed by atoms with Crippen molar-refractivity contribution >= 4 is 54.5 Å². The zero-order chi connectivity index (χ0) is 19.4. The maximum absolute atomic E-state index is 12.7. The van der Waals surface area contributed by atoms with E-state index < -0.39 is 20.5 Å². The molecule has 0 spiro atoms. The second-order valence-electron chi connectivity index (χ2n) is 5.24. The molecule has 0 saturated heterocycles. The summed E-state index contributed by atoms with van der Waals surface area (Å²) in [5.74, 6) is -0.686. The molecule has 2 rings (SSSR count). The topological polar surface area (TPSA) is 67.4 Å². The first-order chi connectivity index (χ1) is 12.2. The van der Waals surface area contributed by atoms with Gasteiger partial charge in [-0.3, -0.25) is 4.79 Å². The van der Waals surface area contributed by atoms with E-state index in [-0.39, 0.29) is 21.8 Å². The summed E-state index contributed by atoms with van der Waals surface area (Å²) < 4.78 is 31.1. The van der Waals surface area contributed by atoms with Crippen molar-refractivity contribution in [3.8, 4) is 5.75 Å². The van der Waals surface area contributed by atoms with Crippen LogP contribution in [0.2, 0.25) is 10.3 Å². The molecule has 1 heterocycles. The third kappa shape index (κ3) is 5.13. The molecule has 0 bridgehead atoms. The van der Waals surface area contributed by atoms with Crippen LogP contribution < -0.4 is 14.7 Å². The Kier molecular flexibility index (Phi) is 6.92. The predicted octanol–water partition coefficient (Wildman–Crippen LogP) is 4.79. The van der Waals surface area contributed by atoms with Gasteiger partial charge in [-0.1, -0.05) is 11.6 Å². The van der Waals surface area contributed by atoms with Gasteiger partial charge in [0.2, 0.25) is 5.28 Å². The predicted molar refractivity (Wildman–Crippen MR) is 101 cm³/mol. The molecule has 1 aromatic carbocycles. The second-order valence-corrected chi connectivity index (χ2v) is 7.80. The molecule has 1 N–H and O–H groups in total. The largest absolute Gasteiger partial charge is 0.472 e. The summed E-state index contributed by atoms with van der Waals surface area (Å²) in [7, 11) is 0.442. The molecule has 0 unspecified atom stereocenters. The van der Waals surface area contributed by atoms with E-state index in [1.807, 2.05) is 13.3 Å². The van der Waals surface area contributed by atoms with E-state index in [1.165, 1.54) is 25.4 Å². The fourth-order valence-electron chi connectivity index (χ4n) is 1.93. The normalized spacial score (nSPS) is 11.0. The zero-order valence-electron chi connectivity index (χ0n) is 14.0. The lowest BCUT2D eigenvalue weighted by atomic mass is 10.2. The number of alkyl halides is 2. The van der Waals surface area contributed by atoms with Crippen molar-refractivity contribution in [2.45, 2.75) is 6.43 Å². The highest BCUT2D eigenvalue weighted by molar-refractivity contribution is 7.51. The molecular formula is C15H15Cl2F2N4O2P. The minimum Gasteiger partial charge on any atom is -0.472 e. The molecular weight excluding hydrogens is 408 g/mol. The summed E-state index contributed by atoms with van der Waals surface area (Å²) in [6.45, 7) is 3.74. The maximum atomic E-state index is 12.7. The number of anilines is 3. The van der Waals surface area contributed by atoms with Gasteiger partial charge < -0.3 is 14.7 Å². The van der Waals surface area contributed by atoms with E-state index in [2.05, 4.69) is 15.3 Å². The van der Waals surface area contributed by atoms with Crippen molar-refractivity contribution in [3.05, 3.63) is 34.7 Å². The minimum atomic E-state index is -3.10. The first-order valence-corrected chi connectivity index (χ1v) is 10.1. The van der Waals surface area contributed by atoms with Crippen LogP contribution in [0.1, 0.15) is 0 Å². The van der Waals surface area contributed by atoms with Crippen molar-refractivity contribution in [2.75, 3.05) is 30.6 Å². The zero-order valence-corrected chi connectivity index (χ0v) is 16.4. The van der Waals surface area contributed by atoms with E-state index in [0.717, 1.165) is 4.90 Å². The number of rotatable bonds is 6. The van der Waals surface area contributed by atoms with Crippen LogP contribution in [-0.2, 0) is 4.79 Å². The number of halogens is 4. The number of hydrogen-bond donors (Lipinski definition) is 1. The molecule has 6 nitrogen and oxygen atoms in total. The first kappa shape index (κ1) is 20.6. The van der Waals surface area contributed by atoms with Gasteiger partial charge in [0.1, 0.15) is 10.8 Å². The Morgan fingerprint density at radius 1 is 1.35 bits per heavy atom. The highest BCUT2D eigenvalue weighted by atomic mass is 35.5. The third-order valence-corrected chi connectivity index (χ3v) is 4.14. The van der Waals surface area contributed by atoms with Gasteiger partial charge in [-0.2, -0.15) is 13.8 Å². The smallest absolute Gasteiger partial charge is 0.316 e. The van der Waals surface area contributed by atoms with Crippen LogP contribution in [0.5, 0.6) is 5.75 Å². The molecule has 11 heteroatoms. The van der Waals surface area contributed by atoms with Crippen LogP contribution in [0.4, 0.5) is 26.0 Å². The lowest BCUT2D eigenvalue weighted by Crippen LogP contribution is -2.31. The Labute approximate surface area is 160 Å². The molecule has 140 valence electrons. The van der Waals surface area contributed by atoms with Gasteiger partial charge in [-0.05, 0) is 37.1 Å². The van der Waals surface area contributed by atoms with Crippen LogP contribution >= 0.6 is 31.4 Å². The molecule has 0 aliphatic carbocycles. The number of amides is 1. The Hall–Kier alpha value is -1.76. The molecule has 0 radical (unpaired) electrons. The number of carbonyl (C=O) groups excluding carboxylic acids is 1. The van der Waals surface area contributed by atoms with Crippen LogP contribution in [-0.4, -0.2) is 42.7 Å². The lowest BCUT2D eigenvalue weighted by Gasteiger charge is -2.21. The molecule has 26 heavy (non-hydrogen) atoms. The molecule has 0 aliphatic heterocycles. The molecule has 0 aliphatic rings. The molecule has 1 amide bonds. The third-order valence-electron chi connectivity index (χ3n) is 3.12. The second kappa shape index (κ2) is 8.75. The van der Waals surface area contributed by atoms with Gasteiger partial charge in [-0.25, -0.2) is 4.98 Å². The number of nitrogens with one attached hydrogen (secondary N) is 1. The van der Waals surface area contributed by atoms with Gasteiger partial charge in [0, 0.05) is 18.8 Å². The van der Waals surface area contributed by atoms with E-state index in [1.54, 1.807) is 6.07 Å². The quantitative estimate of drug-likeness (QED) is 0.535. The fraction of sp³-hybridized carbons (Fsp3) is 0.267. The minimum absolute atomic E-state index is 0.00601. The summed E-state index contributed by atoms with van der Waals surface area (Å²) in [5.41, 5.74) is 0.749. The van der Waals surface area contributed by atoms with Crippen LogP contribution in [0.3, 0.4) is 0 Å². The lowest BCUT2D eigenvalue weighted by molar-refractivity contribution is -0.128. The van der Waals surface area contributed by atoms with Gasteiger partial charge in [0.25, 0.3) is 5.91 Å². The van der Waals surface area contributed by atoms with Crippen LogP contribution in [0, 0.1) is 0 Å². The maximum Gasteiger partial charge on any atom is 0.316 e. The summed E-state index contributed by atoms with van der Waals surface area (Å²) in [5, 5.41) is 3.22. The van der Waals surface area contributed by atoms with Crippen molar-refractivity contribution in [1.29, 1.82) is 0 Å². The van der Waals surface area contributed by atoms with Crippen molar-refractivity contribution in [3.63, 3.8) is 0 Å². The number of hydrogen-bond acceptors (Lipinski definition) is 5. The standard InChI is InChI=1S/C15H15Cl2F2N4O2P/c1-23(14(24)12(18)19)8-4-5-10(11(6-8)25-26(2)3)21-13-9(16)7-20-15(17)22-13/h4-7,12H,1-3H3,(H,20,21,22). The molecule has 1 aromatic heterocycles. The summed E-state index contributed by atoms with van der Waals surface area (Å²) in [6.07, 6.45) is -1.76. The van der Waals surface area contributed by atoms with Crippen LogP contribution in [0.15, 0.2) is 24.4 Å². The number of nitrogens with zero attached hydrogens (tertiary/aromatic N) is 3. The Bertz CT molecular complexity index is 811. The number of benzene rings is 1. The Morgan fingerprint density at radius 3 is 2.65 bits per heavy atom. The van der Waals surface area contributed by atoms with Gasteiger partial charge in [-0.15, -0.1) is 0 Å². The molecule has 0 atom stereocenters. The number of carbonyl (C=O) groups is 1. The molecule has 0 fully saturated rings. The monoisotopic (exact) mass is 422 g/mol. The van der Waals surface area contributed by atoms with Crippen LogP contribution in [0.25, 0.3) is 0 Å². The highest BCUT2D eigenvalue weighted by Gasteiger charge is 2.22. The fourth-order valence-corrected chi connectivity index (χ4v) is 2.75. The molecule has 0 saturated carbocycles. The van der Waals surface area contributed by atoms with Crippen molar-refractivity contribution < 1.29 is 18.1 Å². The highest BCUT2D eigenvalue weighted by Crippen LogP contribution is 2.39. The average molecular weight is 423 g/mol. The van der Waals surface area contributed by atoms with E-state index in [4.69, 9.17) is 27.7 Å². The first-order valence-electron chi connectivity index (χ1n) is 7.19.